The van der Waals surface area contributed by atoms with Gasteiger partial charge in [0, 0.05) is 13.1 Å². The summed E-state index contributed by atoms with van der Waals surface area (Å²) in [7, 11) is 0.500. The molecule has 1 saturated heterocycles. The molecule has 1 aliphatic heterocycles. The Hall–Kier alpha value is -1.85. The van der Waals surface area contributed by atoms with Crippen LogP contribution in [0.2, 0.25) is 0 Å². The number of benzene rings is 1. The minimum absolute atomic E-state index is 0.189. The second-order valence-corrected chi connectivity index (χ2v) is 4.29. The summed E-state index contributed by atoms with van der Waals surface area (Å²) in [6.45, 7) is 0.726. The minimum Gasteiger partial charge on any atom is -0.338 e. The van der Waals surface area contributed by atoms with Gasteiger partial charge < -0.3 is 4.90 Å². The summed E-state index contributed by atoms with van der Waals surface area (Å²) in [4.78, 5) is 24.4. The van der Waals surface area contributed by atoms with Gasteiger partial charge in [-0.1, -0.05) is 30.3 Å². The second kappa shape index (κ2) is 7.67. The van der Waals surface area contributed by atoms with Crippen molar-refractivity contribution in [3.63, 3.8) is 0 Å². The van der Waals surface area contributed by atoms with E-state index in [0.29, 0.717) is 20.3 Å². The van der Waals surface area contributed by atoms with Crippen LogP contribution in [0.1, 0.15) is 12.0 Å². The fourth-order valence-corrected chi connectivity index (χ4v) is 2.12. The highest BCUT2D eigenvalue weighted by atomic mass is 19.3. The van der Waals surface area contributed by atoms with Gasteiger partial charge in [0.05, 0.1) is 7.18 Å². The number of amides is 1. The number of hydrogen-bond acceptors (Lipinski definition) is 2. The lowest BCUT2D eigenvalue weighted by molar-refractivity contribution is -0.142. The summed E-state index contributed by atoms with van der Waals surface area (Å²) in [5.74, 6) is -2.89. The molecule has 1 heterocycles. The van der Waals surface area contributed by atoms with Crippen molar-refractivity contribution in [1.82, 2.24) is 4.90 Å². The highest BCUT2D eigenvalue weighted by Crippen LogP contribution is 2.23. The average molecular weight is 287 g/mol. The maximum absolute atomic E-state index is 12.3. The lowest BCUT2D eigenvalue weighted by Gasteiger charge is -2.16. The Bertz CT molecular complexity index is 451. The van der Waals surface area contributed by atoms with Crippen molar-refractivity contribution in [2.24, 2.45) is 5.92 Å². The molecule has 1 aromatic carbocycles. The maximum Gasteiger partial charge on any atom is 0.296 e. The number of Topliss-reactive ketones (excluding diaryl/α,β-unsaturated/α-hetero) is 1. The van der Waals surface area contributed by atoms with Gasteiger partial charge in [-0.05, 0) is 12.0 Å². The number of nitrogens with zero attached hydrogens (tertiary/aromatic N) is 1. The highest BCUT2D eigenvalue weighted by molar-refractivity contribution is 6.03. The lowest BCUT2D eigenvalue weighted by Crippen LogP contribution is -2.32. The molecule has 0 N–H and O–H groups in total. The fourth-order valence-electron chi connectivity index (χ4n) is 2.12. The summed E-state index contributed by atoms with van der Waals surface area (Å²) in [5.41, 5.74) is 0.927. The summed E-state index contributed by atoms with van der Waals surface area (Å²) >= 11 is 0. The van der Waals surface area contributed by atoms with E-state index >= 15 is 0 Å². The van der Waals surface area contributed by atoms with Gasteiger partial charge in [0.25, 0.3) is 6.43 Å². The summed E-state index contributed by atoms with van der Waals surface area (Å²) in [6, 6.07) is 9.26. The number of hydrogen-bond donors (Lipinski definition) is 0. The Balaban J connectivity index is 0.000000956. The molecule has 3 nitrogen and oxygen atoms in total. The van der Waals surface area contributed by atoms with Gasteiger partial charge in [0.2, 0.25) is 11.7 Å². The zero-order chi connectivity index (χ0) is 15.1. The van der Waals surface area contributed by atoms with Crippen molar-refractivity contribution >= 4 is 11.7 Å². The second-order valence-electron chi connectivity index (χ2n) is 4.29. The van der Waals surface area contributed by atoms with Crippen molar-refractivity contribution in [2.75, 3.05) is 13.7 Å². The minimum atomic E-state index is -3.06. The van der Waals surface area contributed by atoms with Crippen LogP contribution in [-0.2, 0) is 16.1 Å². The number of carbonyl (C=O) groups excluding carboxylic acids is 2. The number of alkyl halides is 3. The lowest BCUT2D eigenvalue weighted by atomic mass is 10.0. The van der Waals surface area contributed by atoms with Crippen LogP contribution in [0.4, 0.5) is 13.2 Å². The van der Waals surface area contributed by atoms with Crippen LogP contribution in [0.3, 0.4) is 0 Å². The summed E-state index contributed by atoms with van der Waals surface area (Å²) in [5, 5.41) is 0. The van der Waals surface area contributed by atoms with E-state index in [1.54, 1.807) is 0 Å². The first kappa shape index (κ1) is 16.2. The van der Waals surface area contributed by atoms with Crippen LogP contribution >= 0.6 is 0 Å². The first-order valence-electron chi connectivity index (χ1n) is 6.12. The van der Waals surface area contributed by atoms with E-state index in [-0.39, 0.29) is 6.42 Å². The molecular weight excluding hydrogens is 271 g/mol. The number of carbonyl (C=O) groups is 2. The third kappa shape index (κ3) is 3.82. The van der Waals surface area contributed by atoms with Crippen molar-refractivity contribution < 1.29 is 22.8 Å². The zero-order valence-electron chi connectivity index (χ0n) is 11.1. The Kier molecular flexibility index (Phi) is 6.21. The van der Waals surface area contributed by atoms with Crippen molar-refractivity contribution in [3.05, 3.63) is 35.9 Å². The molecule has 0 bridgehead atoms. The molecule has 6 heteroatoms. The monoisotopic (exact) mass is 287 g/mol. The van der Waals surface area contributed by atoms with Crippen LogP contribution in [0, 0.1) is 5.92 Å². The van der Waals surface area contributed by atoms with Crippen molar-refractivity contribution in [3.8, 4) is 0 Å². The first-order chi connectivity index (χ1) is 9.59. The normalized spacial score (nSPS) is 17.9. The molecule has 1 aliphatic rings. The Morgan fingerprint density at radius 2 is 1.90 bits per heavy atom. The van der Waals surface area contributed by atoms with Crippen LogP contribution in [0.5, 0.6) is 0 Å². The van der Waals surface area contributed by atoms with Gasteiger partial charge >= 0.3 is 0 Å². The van der Waals surface area contributed by atoms with E-state index in [2.05, 4.69) is 0 Å². The number of rotatable bonds is 4. The predicted molar refractivity (Wildman–Crippen MR) is 68.0 cm³/mol. The molecular formula is C14H16F3NO2. The molecule has 110 valence electrons. The number of likely N-dealkylation sites (tertiary alicyclic amines) is 1. The molecule has 20 heavy (non-hydrogen) atoms. The molecule has 0 aliphatic carbocycles. The van der Waals surface area contributed by atoms with Crippen LogP contribution in [0.25, 0.3) is 0 Å². The van der Waals surface area contributed by atoms with Gasteiger partial charge in [-0.3, -0.25) is 14.0 Å². The zero-order valence-corrected chi connectivity index (χ0v) is 11.1. The molecule has 1 atom stereocenters. The molecule has 0 saturated carbocycles. The van der Waals surface area contributed by atoms with Gasteiger partial charge in [-0.25, -0.2) is 8.78 Å². The molecule has 1 aromatic rings. The van der Waals surface area contributed by atoms with Gasteiger partial charge in [-0.15, -0.1) is 0 Å². The number of ketones is 1. The standard InChI is InChI=1S/C13H13F2NO2.CH3F/c14-12(15)11(17)10-6-7-16(13(10)18)8-9-4-2-1-3-5-9;1-2/h1-5,10,12H,6-8H2;1H3. The Morgan fingerprint density at radius 1 is 1.30 bits per heavy atom. The Labute approximate surface area is 115 Å². The van der Waals surface area contributed by atoms with Crippen LogP contribution in [-0.4, -0.2) is 36.7 Å². The van der Waals surface area contributed by atoms with E-state index in [4.69, 9.17) is 0 Å². The molecule has 0 spiro atoms. The van der Waals surface area contributed by atoms with Crippen molar-refractivity contribution in [1.29, 1.82) is 0 Å². The van der Waals surface area contributed by atoms with Gasteiger partial charge in [0.1, 0.15) is 5.92 Å². The smallest absolute Gasteiger partial charge is 0.296 e. The van der Waals surface area contributed by atoms with Crippen LogP contribution < -0.4 is 0 Å². The van der Waals surface area contributed by atoms with Gasteiger partial charge in [0.15, 0.2) is 0 Å². The van der Waals surface area contributed by atoms with E-state index < -0.39 is 24.0 Å². The van der Waals surface area contributed by atoms with E-state index in [9.17, 15) is 22.8 Å². The summed E-state index contributed by atoms with van der Waals surface area (Å²) < 4.78 is 34.1. The number of halogens is 3. The molecule has 1 amide bonds. The van der Waals surface area contributed by atoms with Crippen molar-refractivity contribution in [2.45, 2.75) is 19.4 Å². The first-order valence-corrected chi connectivity index (χ1v) is 6.12. The Morgan fingerprint density at radius 3 is 2.45 bits per heavy atom. The largest absolute Gasteiger partial charge is 0.338 e. The highest BCUT2D eigenvalue weighted by Gasteiger charge is 2.39. The van der Waals surface area contributed by atoms with Gasteiger partial charge in [-0.2, -0.15) is 0 Å². The third-order valence-electron chi connectivity index (χ3n) is 3.07. The molecule has 1 fully saturated rings. The van der Waals surface area contributed by atoms with E-state index in [1.165, 1.54) is 4.90 Å². The average Bonchev–Trinajstić information content (AvgIpc) is 2.82. The third-order valence-corrected chi connectivity index (χ3v) is 3.07. The predicted octanol–water partition coefficient (Wildman–Crippen LogP) is 2.46. The van der Waals surface area contributed by atoms with E-state index in [1.807, 2.05) is 30.3 Å². The van der Waals surface area contributed by atoms with E-state index in [0.717, 1.165) is 5.56 Å². The quantitative estimate of drug-likeness (QED) is 0.798. The molecule has 0 radical (unpaired) electrons. The fraction of sp³-hybridized carbons (Fsp3) is 0.429. The molecule has 2 rings (SSSR count). The SMILES string of the molecule is CF.O=C(C(F)F)C1CCN(Cc2ccccc2)C1=O. The topological polar surface area (TPSA) is 37.4 Å². The molecule has 1 unspecified atom stereocenters. The summed E-state index contributed by atoms with van der Waals surface area (Å²) in [6.07, 6.45) is -2.87. The molecule has 0 aromatic heterocycles. The van der Waals surface area contributed by atoms with Crippen LogP contribution in [0.15, 0.2) is 30.3 Å². The maximum atomic E-state index is 12.3.